The van der Waals surface area contributed by atoms with Gasteiger partial charge in [0.25, 0.3) is 5.91 Å². The molecule has 1 aliphatic carbocycles. The molecule has 38 heavy (non-hydrogen) atoms. The first kappa shape index (κ1) is 26.4. The van der Waals surface area contributed by atoms with Gasteiger partial charge >= 0.3 is 0 Å². The number of halogens is 1. The highest BCUT2D eigenvalue weighted by Gasteiger charge is 2.30. The molecule has 1 saturated carbocycles. The van der Waals surface area contributed by atoms with Crippen LogP contribution in [0.25, 0.3) is 11.0 Å². The standard InChI is InChI=1S/C30H38FN5O2/c1-4-20-16-35(17-20)18-21-5-14-26-27(15-21)36(25-12-8-23(9-13-25)28(37)32-19(2)3)30(33-26)34-29(38)22-6-10-24(31)11-7-22/h5-7,10-11,14-15,19-20,23,25H,4,8-9,12-13,16-18H2,1-3H3,(H,32,37)(H,33,34,38). The monoisotopic (exact) mass is 519 g/mol. The Balaban J connectivity index is 1.41. The van der Waals surface area contributed by atoms with E-state index in [0.717, 1.165) is 62.3 Å². The topological polar surface area (TPSA) is 79.3 Å². The Morgan fingerprint density at radius 1 is 1.05 bits per heavy atom. The highest BCUT2D eigenvalue weighted by atomic mass is 19.1. The van der Waals surface area contributed by atoms with E-state index in [1.807, 2.05) is 19.9 Å². The maximum atomic E-state index is 13.4. The van der Waals surface area contributed by atoms with Crippen LogP contribution in [0.4, 0.5) is 10.3 Å². The molecular weight excluding hydrogens is 481 g/mol. The SMILES string of the molecule is CCC1CN(Cc2ccc3nc(NC(=O)c4ccc(F)cc4)n(C4CCC(C(=O)NC(C)C)CC4)c3c2)C1. The molecule has 0 unspecified atom stereocenters. The number of likely N-dealkylation sites (tertiary alicyclic amines) is 1. The zero-order chi connectivity index (χ0) is 26.8. The second-order valence-electron chi connectivity index (χ2n) is 11.2. The predicted octanol–water partition coefficient (Wildman–Crippen LogP) is 5.53. The summed E-state index contributed by atoms with van der Waals surface area (Å²) < 4.78 is 15.6. The van der Waals surface area contributed by atoms with E-state index < -0.39 is 0 Å². The van der Waals surface area contributed by atoms with Gasteiger partial charge in [-0.05, 0) is 87.4 Å². The minimum Gasteiger partial charge on any atom is -0.354 e. The van der Waals surface area contributed by atoms with Crippen LogP contribution in [-0.2, 0) is 11.3 Å². The van der Waals surface area contributed by atoms with Gasteiger partial charge in [0.1, 0.15) is 5.82 Å². The number of nitrogens with one attached hydrogen (secondary N) is 2. The number of hydrogen-bond acceptors (Lipinski definition) is 4. The second kappa shape index (κ2) is 11.2. The van der Waals surface area contributed by atoms with E-state index in [4.69, 9.17) is 4.98 Å². The van der Waals surface area contributed by atoms with Gasteiger partial charge in [-0.1, -0.05) is 19.4 Å². The normalized spacial score (nSPS) is 20.4. The fourth-order valence-electron chi connectivity index (χ4n) is 5.79. The first-order valence-electron chi connectivity index (χ1n) is 13.9. The summed E-state index contributed by atoms with van der Waals surface area (Å²) in [6.45, 7) is 9.38. The summed E-state index contributed by atoms with van der Waals surface area (Å²) >= 11 is 0. The van der Waals surface area contributed by atoms with Crippen LogP contribution in [0.5, 0.6) is 0 Å². The number of carbonyl (C=O) groups is 2. The number of amides is 2. The van der Waals surface area contributed by atoms with E-state index >= 15 is 0 Å². The Morgan fingerprint density at radius 3 is 2.42 bits per heavy atom. The molecule has 2 aliphatic rings. The number of imidazole rings is 1. The first-order valence-corrected chi connectivity index (χ1v) is 13.9. The number of hydrogen-bond donors (Lipinski definition) is 2. The van der Waals surface area contributed by atoms with E-state index in [0.29, 0.717) is 11.5 Å². The van der Waals surface area contributed by atoms with Gasteiger partial charge in [0.05, 0.1) is 11.0 Å². The average molecular weight is 520 g/mol. The van der Waals surface area contributed by atoms with Gasteiger partial charge in [-0.25, -0.2) is 9.37 Å². The van der Waals surface area contributed by atoms with Gasteiger partial charge in [0.15, 0.2) is 0 Å². The van der Waals surface area contributed by atoms with Crippen molar-refractivity contribution in [3.63, 3.8) is 0 Å². The van der Waals surface area contributed by atoms with Crippen molar-refractivity contribution in [3.8, 4) is 0 Å². The summed E-state index contributed by atoms with van der Waals surface area (Å²) in [5.74, 6) is 0.720. The molecule has 202 valence electrons. The van der Waals surface area contributed by atoms with Crippen molar-refractivity contribution < 1.29 is 14.0 Å². The number of fused-ring (bicyclic) bond motifs is 1. The third kappa shape index (κ3) is 5.75. The lowest BCUT2D eigenvalue weighted by molar-refractivity contribution is -0.126. The lowest BCUT2D eigenvalue weighted by Gasteiger charge is -2.38. The summed E-state index contributed by atoms with van der Waals surface area (Å²) in [5, 5.41) is 6.04. The molecule has 2 aromatic carbocycles. The number of carbonyl (C=O) groups excluding carboxylic acids is 2. The molecular formula is C30H38FN5O2. The van der Waals surface area contributed by atoms with Crippen LogP contribution in [0.15, 0.2) is 42.5 Å². The fourth-order valence-corrected chi connectivity index (χ4v) is 5.79. The summed E-state index contributed by atoms with van der Waals surface area (Å²) in [5.41, 5.74) is 3.44. The van der Waals surface area contributed by atoms with Crippen molar-refractivity contribution >= 4 is 28.8 Å². The maximum absolute atomic E-state index is 13.4. The Labute approximate surface area is 223 Å². The summed E-state index contributed by atoms with van der Waals surface area (Å²) in [4.78, 5) is 32.9. The molecule has 3 aromatic rings. The molecule has 0 spiro atoms. The largest absolute Gasteiger partial charge is 0.354 e. The van der Waals surface area contributed by atoms with Crippen molar-refractivity contribution in [1.82, 2.24) is 19.8 Å². The fraction of sp³-hybridized carbons (Fsp3) is 0.500. The molecule has 0 radical (unpaired) electrons. The highest BCUT2D eigenvalue weighted by Crippen LogP contribution is 2.37. The van der Waals surface area contributed by atoms with Crippen LogP contribution in [0.1, 0.15) is 74.8 Å². The molecule has 2 N–H and O–H groups in total. The summed E-state index contributed by atoms with van der Waals surface area (Å²) in [7, 11) is 0. The minimum atomic E-state index is -0.382. The Hall–Kier alpha value is -3.26. The molecule has 2 fully saturated rings. The molecule has 7 nitrogen and oxygen atoms in total. The molecule has 2 heterocycles. The zero-order valence-electron chi connectivity index (χ0n) is 22.5. The molecule has 5 rings (SSSR count). The molecule has 0 atom stereocenters. The average Bonchev–Trinajstić information content (AvgIpc) is 3.22. The van der Waals surface area contributed by atoms with Gasteiger partial charge in [0.2, 0.25) is 11.9 Å². The van der Waals surface area contributed by atoms with E-state index in [1.165, 1.54) is 36.2 Å². The summed E-state index contributed by atoms with van der Waals surface area (Å²) in [6, 6.07) is 12.1. The van der Waals surface area contributed by atoms with Crippen molar-refractivity contribution in [2.24, 2.45) is 11.8 Å². The van der Waals surface area contributed by atoms with E-state index in [1.54, 1.807) is 0 Å². The molecule has 1 aliphatic heterocycles. The lowest BCUT2D eigenvalue weighted by atomic mass is 9.85. The molecule has 1 aromatic heterocycles. The van der Waals surface area contributed by atoms with Crippen LogP contribution in [0.2, 0.25) is 0 Å². The van der Waals surface area contributed by atoms with Gasteiger partial charge < -0.3 is 9.88 Å². The van der Waals surface area contributed by atoms with Crippen LogP contribution in [-0.4, -0.2) is 45.4 Å². The number of aromatic nitrogens is 2. The van der Waals surface area contributed by atoms with Crippen LogP contribution in [0, 0.1) is 17.7 Å². The molecule has 1 saturated heterocycles. The van der Waals surface area contributed by atoms with Crippen LogP contribution < -0.4 is 10.6 Å². The minimum absolute atomic E-state index is 0.00850. The smallest absolute Gasteiger partial charge is 0.257 e. The zero-order valence-corrected chi connectivity index (χ0v) is 22.5. The van der Waals surface area contributed by atoms with Gasteiger partial charge in [-0.3, -0.25) is 19.8 Å². The molecule has 8 heteroatoms. The predicted molar refractivity (Wildman–Crippen MR) is 147 cm³/mol. The third-order valence-electron chi connectivity index (χ3n) is 7.97. The number of rotatable bonds is 8. The van der Waals surface area contributed by atoms with Crippen LogP contribution in [0.3, 0.4) is 0 Å². The van der Waals surface area contributed by atoms with Crippen molar-refractivity contribution in [2.75, 3.05) is 18.4 Å². The number of anilines is 1. The van der Waals surface area contributed by atoms with Crippen molar-refractivity contribution in [2.45, 2.75) is 71.5 Å². The van der Waals surface area contributed by atoms with E-state index in [2.05, 4.69) is 39.2 Å². The number of nitrogens with zero attached hydrogens (tertiary/aromatic N) is 3. The van der Waals surface area contributed by atoms with Gasteiger partial charge in [-0.15, -0.1) is 0 Å². The number of benzene rings is 2. The lowest BCUT2D eigenvalue weighted by Crippen LogP contribution is -2.45. The second-order valence-corrected chi connectivity index (χ2v) is 11.2. The van der Waals surface area contributed by atoms with E-state index in [-0.39, 0.29) is 35.6 Å². The Bertz CT molecular complexity index is 1290. The first-order chi connectivity index (χ1) is 18.3. The highest BCUT2D eigenvalue weighted by molar-refractivity contribution is 6.04. The van der Waals surface area contributed by atoms with E-state index in [9.17, 15) is 14.0 Å². The van der Waals surface area contributed by atoms with Crippen molar-refractivity contribution in [3.05, 3.63) is 59.4 Å². The van der Waals surface area contributed by atoms with Crippen molar-refractivity contribution in [1.29, 1.82) is 0 Å². The Morgan fingerprint density at radius 2 is 1.76 bits per heavy atom. The van der Waals surface area contributed by atoms with Gasteiger partial charge in [0, 0.05) is 43.2 Å². The third-order valence-corrected chi connectivity index (χ3v) is 7.97. The Kier molecular flexibility index (Phi) is 7.79. The summed E-state index contributed by atoms with van der Waals surface area (Å²) in [6.07, 6.45) is 4.46. The quantitative estimate of drug-likeness (QED) is 0.410. The van der Waals surface area contributed by atoms with Crippen LogP contribution >= 0.6 is 0 Å². The van der Waals surface area contributed by atoms with Gasteiger partial charge in [-0.2, -0.15) is 0 Å². The molecule has 2 amide bonds. The molecule has 0 bridgehead atoms. The maximum Gasteiger partial charge on any atom is 0.257 e.